The van der Waals surface area contributed by atoms with Gasteiger partial charge in [0, 0.05) is 13.1 Å². The molecule has 3 rings (SSSR count). The summed E-state index contributed by atoms with van der Waals surface area (Å²) in [6.45, 7) is 1.34. The van der Waals surface area contributed by atoms with E-state index < -0.39 is 12.1 Å². The number of carbonyl (C=O) groups is 2. The number of benzene rings is 2. The maximum Gasteiger partial charge on any atom is 0.410 e. The molecule has 0 unspecified atom stereocenters. The van der Waals surface area contributed by atoms with Crippen LogP contribution in [-0.2, 0) is 22.6 Å². The number of carbonyl (C=O) groups excluding carboxylic acids is 2. The maximum absolute atomic E-state index is 12.5. The molecule has 136 valence electrons. The van der Waals surface area contributed by atoms with E-state index in [9.17, 15) is 9.59 Å². The van der Waals surface area contributed by atoms with Crippen LogP contribution in [0.4, 0.5) is 4.79 Å². The average molecular weight is 352 g/mol. The number of nitrogens with zero attached hydrogens (tertiary/aromatic N) is 1. The van der Waals surface area contributed by atoms with E-state index in [1.807, 2.05) is 60.7 Å². The van der Waals surface area contributed by atoms with Crippen LogP contribution in [0.2, 0.25) is 0 Å². The molecular formula is C21H24N2O3. The molecule has 0 aromatic heterocycles. The minimum Gasteiger partial charge on any atom is -0.445 e. The number of ether oxygens (including phenoxy) is 1. The van der Waals surface area contributed by atoms with Crippen molar-refractivity contribution in [3.8, 4) is 0 Å². The molecule has 1 saturated heterocycles. The first-order valence-corrected chi connectivity index (χ1v) is 9.03. The fraction of sp³-hybridized carbons (Fsp3) is 0.333. The van der Waals surface area contributed by atoms with Gasteiger partial charge in [0.1, 0.15) is 12.6 Å². The quantitative estimate of drug-likeness (QED) is 0.869. The Labute approximate surface area is 154 Å². The van der Waals surface area contributed by atoms with Gasteiger partial charge in [-0.25, -0.2) is 4.79 Å². The topological polar surface area (TPSA) is 58.6 Å². The van der Waals surface area contributed by atoms with Crippen molar-refractivity contribution in [2.24, 2.45) is 0 Å². The SMILES string of the molecule is O=C(NCCc1ccccc1)[C@@H]1CCCN1C(=O)OCc1ccccc1. The molecule has 5 heteroatoms. The largest absolute Gasteiger partial charge is 0.445 e. The summed E-state index contributed by atoms with van der Waals surface area (Å²) in [6.07, 6.45) is 1.85. The summed E-state index contributed by atoms with van der Waals surface area (Å²) in [4.78, 5) is 26.4. The first-order chi connectivity index (χ1) is 12.7. The second-order valence-electron chi connectivity index (χ2n) is 6.42. The van der Waals surface area contributed by atoms with Crippen LogP contribution in [-0.4, -0.2) is 36.0 Å². The molecule has 1 aliphatic rings. The number of amides is 2. The lowest BCUT2D eigenvalue weighted by atomic mass is 10.1. The van der Waals surface area contributed by atoms with Crippen molar-refractivity contribution in [1.82, 2.24) is 10.2 Å². The second-order valence-corrected chi connectivity index (χ2v) is 6.42. The molecule has 0 radical (unpaired) electrons. The maximum atomic E-state index is 12.5. The lowest BCUT2D eigenvalue weighted by molar-refractivity contribution is -0.125. The van der Waals surface area contributed by atoms with Crippen LogP contribution in [0, 0.1) is 0 Å². The lowest BCUT2D eigenvalue weighted by Crippen LogP contribution is -2.46. The zero-order chi connectivity index (χ0) is 18.2. The van der Waals surface area contributed by atoms with Crippen LogP contribution in [0.5, 0.6) is 0 Å². The van der Waals surface area contributed by atoms with Crippen LogP contribution in [0.25, 0.3) is 0 Å². The van der Waals surface area contributed by atoms with Crippen LogP contribution >= 0.6 is 0 Å². The Morgan fingerprint density at radius 3 is 2.35 bits per heavy atom. The molecule has 2 aromatic rings. The standard InChI is InChI=1S/C21H24N2O3/c24-20(22-14-13-17-8-3-1-4-9-17)19-12-7-15-23(19)21(25)26-16-18-10-5-2-6-11-18/h1-6,8-11,19H,7,12-16H2,(H,22,24)/t19-/m0/s1. The summed E-state index contributed by atoms with van der Waals surface area (Å²) in [5.41, 5.74) is 2.11. The molecule has 1 atom stereocenters. The Hall–Kier alpha value is -2.82. The van der Waals surface area contributed by atoms with Gasteiger partial charge < -0.3 is 10.1 Å². The highest BCUT2D eigenvalue weighted by Crippen LogP contribution is 2.19. The predicted octanol–water partition coefficient (Wildman–Crippen LogP) is 3.15. The van der Waals surface area contributed by atoms with Crippen molar-refractivity contribution >= 4 is 12.0 Å². The molecule has 1 aliphatic heterocycles. The minimum absolute atomic E-state index is 0.102. The van der Waals surface area contributed by atoms with Gasteiger partial charge in [-0.15, -0.1) is 0 Å². The summed E-state index contributed by atoms with van der Waals surface area (Å²) in [5, 5.41) is 2.94. The lowest BCUT2D eigenvalue weighted by Gasteiger charge is -2.23. The third-order valence-electron chi connectivity index (χ3n) is 4.55. The summed E-state index contributed by atoms with van der Waals surface area (Å²) >= 11 is 0. The van der Waals surface area contributed by atoms with Gasteiger partial charge in [0.05, 0.1) is 0 Å². The number of likely N-dealkylation sites (tertiary alicyclic amines) is 1. The van der Waals surface area contributed by atoms with Gasteiger partial charge in [0.15, 0.2) is 0 Å². The normalized spacial score (nSPS) is 16.3. The van der Waals surface area contributed by atoms with Gasteiger partial charge in [-0.3, -0.25) is 9.69 Å². The van der Waals surface area contributed by atoms with Gasteiger partial charge in [0.2, 0.25) is 5.91 Å². The minimum atomic E-state index is -0.436. The third-order valence-corrected chi connectivity index (χ3v) is 4.55. The first-order valence-electron chi connectivity index (χ1n) is 9.03. The van der Waals surface area contributed by atoms with E-state index in [2.05, 4.69) is 5.32 Å². The molecule has 2 aromatic carbocycles. The highest BCUT2D eigenvalue weighted by atomic mass is 16.6. The van der Waals surface area contributed by atoms with Gasteiger partial charge in [-0.2, -0.15) is 0 Å². The summed E-state index contributed by atoms with van der Waals surface area (Å²) in [5.74, 6) is -0.102. The highest BCUT2D eigenvalue weighted by Gasteiger charge is 2.34. The van der Waals surface area contributed by atoms with Crippen molar-refractivity contribution in [1.29, 1.82) is 0 Å². The number of rotatable bonds is 6. The van der Waals surface area contributed by atoms with E-state index in [1.165, 1.54) is 5.56 Å². The van der Waals surface area contributed by atoms with Gasteiger partial charge in [0.25, 0.3) is 0 Å². The molecule has 0 bridgehead atoms. The molecule has 2 amide bonds. The Morgan fingerprint density at radius 2 is 1.65 bits per heavy atom. The summed E-state index contributed by atoms with van der Waals surface area (Å²) in [7, 11) is 0. The van der Waals surface area contributed by atoms with E-state index in [0.29, 0.717) is 19.5 Å². The molecule has 0 spiro atoms. The monoisotopic (exact) mass is 352 g/mol. The molecule has 0 saturated carbocycles. The zero-order valence-electron chi connectivity index (χ0n) is 14.8. The Balaban J connectivity index is 1.47. The van der Waals surface area contributed by atoms with Gasteiger partial charge in [-0.1, -0.05) is 60.7 Å². The first kappa shape index (κ1) is 18.0. The van der Waals surface area contributed by atoms with E-state index in [1.54, 1.807) is 4.90 Å². The molecule has 0 aliphatic carbocycles. The van der Waals surface area contributed by atoms with Gasteiger partial charge in [-0.05, 0) is 30.4 Å². The number of hydrogen-bond donors (Lipinski definition) is 1. The second kappa shape index (κ2) is 9.04. The highest BCUT2D eigenvalue weighted by molar-refractivity contribution is 5.86. The van der Waals surface area contributed by atoms with E-state index in [-0.39, 0.29) is 12.5 Å². The van der Waals surface area contributed by atoms with Crippen molar-refractivity contribution in [3.63, 3.8) is 0 Å². The number of nitrogens with one attached hydrogen (secondary N) is 1. The predicted molar refractivity (Wildman–Crippen MR) is 99.5 cm³/mol. The summed E-state index contributed by atoms with van der Waals surface area (Å²) in [6, 6.07) is 19.1. The summed E-state index contributed by atoms with van der Waals surface area (Å²) < 4.78 is 5.37. The number of hydrogen-bond acceptors (Lipinski definition) is 3. The molecule has 1 N–H and O–H groups in total. The fourth-order valence-electron chi connectivity index (χ4n) is 3.15. The zero-order valence-corrected chi connectivity index (χ0v) is 14.8. The molecule has 1 heterocycles. The van der Waals surface area contributed by atoms with Crippen LogP contribution in [0.3, 0.4) is 0 Å². The van der Waals surface area contributed by atoms with Crippen molar-refractivity contribution in [2.75, 3.05) is 13.1 Å². The average Bonchev–Trinajstić information content (AvgIpc) is 3.18. The van der Waals surface area contributed by atoms with Crippen LogP contribution in [0.15, 0.2) is 60.7 Å². The Kier molecular flexibility index (Phi) is 6.25. The molecule has 26 heavy (non-hydrogen) atoms. The molecule has 1 fully saturated rings. The van der Waals surface area contributed by atoms with E-state index in [4.69, 9.17) is 4.74 Å². The smallest absolute Gasteiger partial charge is 0.410 e. The van der Waals surface area contributed by atoms with Crippen molar-refractivity contribution < 1.29 is 14.3 Å². The van der Waals surface area contributed by atoms with E-state index in [0.717, 1.165) is 18.4 Å². The van der Waals surface area contributed by atoms with Crippen LogP contribution < -0.4 is 5.32 Å². The molecular weight excluding hydrogens is 328 g/mol. The van der Waals surface area contributed by atoms with Gasteiger partial charge >= 0.3 is 6.09 Å². The van der Waals surface area contributed by atoms with E-state index >= 15 is 0 Å². The van der Waals surface area contributed by atoms with Crippen LogP contribution in [0.1, 0.15) is 24.0 Å². The fourth-order valence-corrected chi connectivity index (χ4v) is 3.15. The van der Waals surface area contributed by atoms with Crippen molar-refractivity contribution in [3.05, 3.63) is 71.8 Å². The Morgan fingerprint density at radius 1 is 1.00 bits per heavy atom. The van der Waals surface area contributed by atoms with Crippen molar-refractivity contribution in [2.45, 2.75) is 31.9 Å². The third kappa shape index (κ3) is 4.85. The molecule has 5 nitrogen and oxygen atoms in total. The Bertz CT molecular complexity index is 719.